The summed E-state index contributed by atoms with van der Waals surface area (Å²) in [6, 6.07) is 6.56. The van der Waals surface area contributed by atoms with Gasteiger partial charge in [-0.15, -0.1) is 0 Å². The van der Waals surface area contributed by atoms with Gasteiger partial charge in [0.15, 0.2) is 0 Å². The first-order valence-corrected chi connectivity index (χ1v) is 6.62. The predicted octanol–water partition coefficient (Wildman–Crippen LogP) is -1.08. The zero-order chi connectivity index (χ0) is 15.6. The molecule has 0 radical (unpaired) electrons. The van der Waals surface area contributed by atoms with Crippen molar-refractivity contribution in [3.63, 3.8) is 0 Å². The molecule has 0 saturated carbocycles. The first-order chi connectivity index (χ1) is 9.88. The summed E-state index contributed by atoms with van der Waals surface area (Å²) in [4.78, 5) is 10.8. The molecule has 0 bridgehead atoms. The molecule has 5 N–H and O–H groups in total. The Hall–Kier alpha value is -1.67. The summed E-state index contributed by atoms with van der Waals surface area (Å²) < 4.78 is 10.8. The SMILES string of the molecule is C[C@@H]1O[C@@H](Oc2ccc(CC(N)=O)cc2)[C@H](O)[C@H](O)[C@H]1O. The smallest absolute Gasteiger partial charge is 0.229 e. The van der Waals surface area contributed by atoms with Crippen molar-refractivity contribution in [1.29, 1.82) is 0 Å². The minimum atomic E-state index is -1.36. The summed E-state index contributed by atoms with van der Waals surface area (Å²) in [5, 5.41) is 29.1. The molecule has 1 saturated heterocycles. The van der Waals surface area contributed by atoms with Gasteiger partial charge in [0.05, 0.1) is 12.5 Å². The molecule has 7 heteroatoms. The van der Waals surface area contributed by atoms with E-state index < -0.39 is 36.6 Å². The molecule has 0 aliphatic carbocycles. The van der Waals surface area contributed by atoms with Gasteiger partial charge in [0.25, 0.3) is 0 Å². The number of hydrogen-bond donors (Lipinski definition) is 4. The van der Waals surface area contributed by atoms with Gasteiger partial charge in [0, 0.05) is 0 Å². The molecular weight excluding hydrogens is 278 g/mol. The number of aliphatic hydroxyl groups is 3. The summed E-state index contributed by atoms with van der Waals surface area (Å²) >= 11 is 0. The van der Waals surface area contributed by atoms with Crippen LogP contribution in [0.3, 0.4) is 0 Å². The van der Waals surface area contributed by atoms with Crippen LogP contribution in [0.15, 0.2) is 24.3 Å². The van der Waals surface area contributed by atoms with E-state index in [1.165, 1.54) is 0 Å². The summed E-state index contributed by atoms with van der Waals surface area (Å²) in [5.74, 6) is -0.0244. The third-order valence-electron chi connectivity index (χ3n) is 3.36. The molecule has 1 fully saturated rings. The van der Waals surface area contributed by atoms with Crippen molar-refractivity contribution < 1.29 is 29.6 Å². The molecule has 21 heavy (non-hydrogen) atoms. The van der Waals surface area contributed by atoms with Crippen LogP contribution in [0.25, 0.3) is 0 Å². The van der Waals surface area contributed by atoms with Crippen LogP contribution in [0.5, 0.6) is 5.75 Å². The van der Waals surface area contributed by atoms with E-state index in [4.69, 9.17) is 15.2 Å². The maximum absolute atomic E-state index is 10.8. The van der Waals surface area contributed by atoms with Crippen molar-refractivity contribution in [3.05, 3.63) is 29.8 Å². The summed E-state index contributed by atoms with van der Waals surface area (Å²) in [5.41, 5.74) is 5.84. The number of nitrogens with two attached hydrogens (primary N) is 1. The molecule has 1 amide bonds. The highest BCUT2D eigenvalue weighted by molar-refractivity contribution is 5.76. The lowest BCUT2D eigenvalue weighted by molar-refractivity contribution is -0.268. The Bertz CT molecular complexity index is 491. The second kappa shape index (κ2) is 6.40. The third-order valence-corrected chi connectivity index (χ3v) is 3.36. The molecule has 1 aliphatic heterocycles. The Kier molecular flexibility index (Phi) is 4.79. The van der Waals surface area contributed by atoms with Crippen molar-refractivity contribution in [1.82, 2.24) is 0 Å². The molecule has 1 aromatic rings. The quantitative estimate of drug-likeness (QED) is 0.561. The van der Waals surface area contributed by atoms with Gasteiger partial charge >= 0.3 is 0 Å². The zero-order valence-corrected chi connectivity index (χ0v) is 11.5. The molecule has 0 aromatic heterocycles. The third kappa shape index (κ3) is 3.70. The standard InChI is InChI=1S/C14H19NO6/c1-7-11(17)12(18)13(19)14(20-7)21-9-4-2-8(3-5-9)6-10(15)16/h2-5,7,11-14,17-19H,6H2,1H3,(H2,15,16)/t7-,11-,12+,13+,14-/m0/s1. The Balaban J connectivity index is 2.02. The van der Waals surface area contributed by atoms with Crippen molar-refractivity contribution >= 4 is 5.91 Å². The highest BCUT2D eigenvalue weighted by Crippen LogP contribution is 2.24. The highest BCUT2D eigenvalue weighted by Gasteiger charge is 2.43. The molecule has 1 heterocycles. The fourth-order valence-corrected chi connectivity index (χ4v) is 2.13. The Labute approximate surface area is 121 Å². The molecular formula is C14H19NO6. The van der Waals surface area contributed by atoms with Crippen molar-refractivity contribution in [2.45, 2.75) is 44.1 Å². The van der Waals surface area contributed by atoms with Crippen molar-refractivity contribution in [2.24, 2.45) is 5.73 Å². The van der Waals surface area contributed by atoms with Gasteiger partial charge in [0.2, 0.25) is 12.2 Å². The van der Waals surface area contributed by atoms with Crippen LogP contribution in [0, 0.1) is 0 Å². The van der Waals surface area contributed by atoms with Crippen LogP contribution in [-0.2, 0) is 16.0 Å². The molecule has 116 valence electrons. The van der Waals surface area contributed by atoms with Crippen LogP contribution in [-0.4, -0.2) is 51.9 Å². The largest absolute Gasteiger partial charge is 0.462 e. The predicted molar refractivity (Wildman–Crippen MR) is 72.3 cm³/mol. The number of ether oxygens (including phenoxy) is 2. The maximum atomic E-state index is 10.8. The molecule has 5 atom stereocenters. The van der Waals surface area contributed by atoms with E-state index in [9.17, 15) is 20.1 Å². The summed E-state index contributed by atoms with van der Waals surface area (Å²) in [6.45, 7) is 1.58. The number of benzene rings is 1. The first-order valence-electron chi connectivity index (χ1n) is 6.62. The molecule has 2 rings (SSSR count). The molecule has 1 aromatic carbocycles. The molecule has 1 aliphatic rings. The highest BCUT2D eigenvalue weighted by atomic mass is 16.7. The van der Waals surface area contributed by atoms with E-state index in [2.05, 4.69) is 0 Å². The van der Waals surface area contributed by atoms with Gasteiger partial charge < -0.3 is 30.5 Å². The van der Waals surface area contributed by atoms with E-state index in [1.54, 1.807) is 31.2 Å². The van der Waals surface area contributed by atoms with Crippen LogP contribution < -0.4 is 10.5 Å². The molecule has 7 nitrogen and oxygen atoms in total. The number of primary amides is 1. The Morgan fingerprint density at radius 1 is 1.19 bits per heavy atom. The number of carbonyl (C=O) groups is 1. The number of hydrogen-bond acceptors (Lipinski definition) is 6. The maximum Gasteiger partial charge on any atom is 0.229 e. The van der Waals surface area contributed by atoms with Crippen LogP contribution in [0.2, 0.25) is 0 Å². The Morgan fingerprint density at radius 3 is 2.38 bits per heavy atom. The van der Waals surface area contributed by atoms with Crippen molar-refractivity contribution in [2.75, 3.05) is 0 Å². The van der Waals surface area contributed by atoms with Crippen molar-refractivity contribution in [3.8, 4) is 5.75 Å². The van der Waals surface area contributed by atoms with Gasteiger partial charge in [-0.2, -0.15) is 0 Å². The fourth-order valence-electron chi connectivity index (χ4n) is 2.13. The van der Waals surface area contributed by atoms with Crippen LogP contribution >= 0.6 is 0 Å². The topological polar surface area (TPSA) is 122 Å². The minimum absolute atomic E-state index is 0.130. The second-order valence-electron chi connectivity index (χ2n) is 5.09. The van der Waals surface area contributed by atoms with E-state index in [0.29, 0.717) is 5.75 Å². The lowest BCUT2D eigenvalue weighted by Crippen LogP contribution is -2.58. The number of amides is 1. The lowest BCUT2D eigenvalue weighted by atomic mass is 10.00. The van der Waals surface area contributed by atoms with Crippen LogP contribution in [0.1, 0.15) is 12.5 Å². The van der Waals surface area contributed by atoms with E-state index in [1.807, 2.05) is 0 Å². The van der Waals surface area contributed by atoms with E-state index >= 15 is 0 Å². The van der Waals surface area contributed by atoms with Gasteiger partial charge in [0.1, 0.15) is 24.1 Å². The van der Waals surface area contributed by atoms with E-state index in [-0.39, 0.29) is 6.42 Å². The van der Waals surface area contributed by atoms with Gasteiger partial charge in [-0.25, -0.2) is 0 Å². The first kappa shape index (κ1) is 15.7. The summed E-state index contributed by atoms with van der Waals surface area (Å²) in [7, 11) is 0. The second-order valence-corrected chi connectivity index (χ2v) is 5.09. The zero-order valence-electron chi connectivity index (χ0n) is 11.5. The van der Waals surface area contributed by atoms with Crippen LogP contribution in [0.4, 0.5) is 0 Å². The van der Waals surface area contributed by atoms with Gasteiger partial charge in [-0.3, -0.25) is 4.79 Å². The normalized spacial score (nSPS) is 32.7. The number of aliphatic hydroxyl groups excluding tert-OH is 3. The Morgan fingerprint density at radius 2 is 1.81 bits per heavy atom. The lowest BCUT2D eigenvalue weighted by Gasteiger charge is -2.38. The van der Waals surface area contributed by atoms with E-state index in [0.717, 1.165) is 5.56 Å². The molecule has 0 unspecified atom stereocenters. The van der Waals surface area contributed by atoms with Gasteiger partial charge in [-0.05, 0) is 24.6 Å². The monoisotopic (exact) mass is 297 g/mol. The average molecular weight is 297 g/mol. The average Bonchev–Trinajstić information content (AvgIpc) is 2.44. The van der Waals surface area contributed by atoms with Gasteiger partial charge in [-0.1, -0.05) is 12.1 Å². The summed E-state index contributed by atoms with van der Waals surface area (Å²) in [6.07, 6.45) is -5.49. The molecule has 0 spiro atoms. The minimum Gasteiger partial charge on any atom is -0.462 e. The number of rotatable bonds is 4. The number of carbonyl (C=O) groups excluding carboxylic acids is 1. The fraction of sp³-hybridized carbons (Fsp3) is 0.500.